The number of halogens is 1. The van der Waals surface area contributed by atoms with E-state index in [1.54, 1.807) is 0 Å². The molecule has 5 aromatic heterocycles. The normalized spacial score (nSPS) is 12.9. The molecule has 9 heteroatoms. The number of hydrogen-bond acceptors (Lipinski definition) is 5. The van der Waals surface area contributed by atoms with Gasteiger partial charge in [-0.1, -0.05) is 104 Å². The molecule has 8 aromatic rings. The van der Waals surface area contributed by atoms with Crippen molar-refractivity contribution in [3.8, 4) is 22.6 Å². The zero-order valence-electron chi connectivity index (χ0n) is 35.4. The van der Waals surface area contributed by atoms with Crippen LogP contribution in [-0.2, 0) is 32.1 Å². The molecule has 0 N–H and O–H groups in total. The standard InChI is InChI=1S/C24H27FNSi.C22H19N4O.Ir/c1-17(2)13-19-15-23(21-12-11-18(3)14-22(21)25)26-16-24(19)27(4,5)20-9-7-6-8-10-20;1-13-9-10-15-16-11-14(12-23-20(16)27-21(15)24-13)19-25-17-7-5-6-8-18(17)26(19)22(2,3)4;/h6-11,14-17H,13H2,1-5H3;5-11H,1-4H3;/q2*-1;/i3D3;;. The van der Waals surface area contributed by atoms with Crippen molar-refractivity contribution in [2.45, 2.75) is 73.4 Å². The quantitative estimate of drug-likeness (QED) is 0.123. The van der Waals surface area contributed by atoms with Gasteiger partial charge in [0.15, 0.2) is 0 Å². The number of hydrogen-bond donors (Lipinski definition) is 0. The van der Waals surface area contributed by atoms with Crippen LogP contribution in [0.2, 0.25) is 13.1 Å². The summed E-state index contributed by atoms with van der Waals surface area (Å²) < 4.78 is 45.2. The number of furan rings is 1. The molecule has 0 saturated heterocycles. The third-order valence-electron chi connectivity index (χ3n) is 9.69. The van der Waals surface area contributed by atoms with E-state index in [2.05, 4.69) is 116 Å². The van der Waals surface area contributed by atoms with Gasteiger partial charge >= 0.3 is 0 Å². The van der Waals surface area contributed by atoms with Crippen molar-refractivity contribution in [3.63, 3.8) is 0 Å². The van der Waals surface area contributed by atoms with Crippen LogP contribution in [0, 0.1) is 37.8 Å². The molecule has 0 unspecified atom stereocenters. The van der Waals surface area contributed by atoms with Gasteiger partial charge in [-0.3, -0.25) is 9.37 Å². The van der Waals surface area contributed by atoms with Crippen LogP contribution in [0.1, 0.15) is 55.6 Å². The predicted molar refractivity (Wildman–Crippen MR) is 222 cm³/mol. The van der Waals surface area contributed by atoms with Crippen molar-refractivity contribution in [3.05, 3.63) is 132 Å². The molecular formula is C46H46FIrN5OSi-2. The van der Waals surface area contributed by atoms with Gasteiger partial charge in [0.25, 0.3) is 0 Å². The molecule has 1 radical (unpaired) electrons. The molecule has 0 saturated carbocycles. The number of pyridine rings is 3. The first-order chi connectivity index (χ1) is 26.9. The summed E-state index contributed by atoms with van der Waals surface area (Å²) in [5, 5.41) is 4.45. The van der Waals surface area contributed by atoms with Gasteiger partial charge in [0.2, 0.25) is 5.71 Å². The Bertz CT molecular complexity index is 2740. The second kappa shape index (κ2) is 15.7. The summed E-state index contributed by atoms with van der Waals surface area (Å²) in [5.74, 6) is 0.679. The predicted octanol–water partition coefficient (Wildman–Crippen LogP) is 10.3. The largest absolute Gasteiger partial charge is 0.467 e. The fraction of sp³-hybridized carbons (Fsp3) is 0.261. The van der Waals surface area contributed by atoms with Crippen LogP contribution >= 0.6 is 0 Å². The monoisotopic (exact) mass is 927 g/mol. The topological polar surface area (TPSA) is 69.6 Å². The number of fused-ring (bicyclic) bond motifs is 4. The van der Waals surface area contributed by atoms with Crippen LogP contribution < -0.4 is 10.4 Å². The second-order valence-electron chi connectivity index (χ2n) is 15.8. The maximum atomic E-state index is 14.7. The number of aromatic nitrogens is 5. The number of para-hydroxylation sites is 2. The third kappa shape index (κ3) is 8.11. The molecule has 8 rings (SSSR count). The Morgan fingerprint density at radius 3 is 2.38 bits per heavy atom. The summed E-state index contributed by atoms with van der Waals surface area (Å²) in [7, 11) is -1.98. The number of nitrogens with zero attached hydrogens (tertiary/aromatic N) is 5. The molecule has 3 aromatic carbocycles. The molecular weight excluding hydrogens is 878 g/mol. The van der Waals surface area contributed by atoms with E-state index in [0.29, 0.717) is 23.0 Å². The van der Waals surface area contributed by atoms with Crippen LogP contribution in [0.25, 0.3) is 55.9 Å². The SMILES string of the molecule is Cc1ccc2c(n1)oc1n[c-]c(-c3nc4ccccc4n3C(C)(C)C)cc12.[2H]C([2H])([2H])c1c[c-]c(-c2cc(CC(C)C)c([Si](C)(C)c3ccccc3)cn2)c(F)c1.[Ir]. The Hall–Kier alpha value is -4.82. The summed E-state index contributed by atoms with van der Waals surface area (Å²) in [6, 6.07) is 31.9. The fourth-order valence-corrected chi connectivity index (χ4v) is 9.77. The Kier molecular flexibility index (Phi) is 10.3. The maximum Gasteiger partial charge on any atom is 0.217 e. The van der Waals surface area contributed by atoms with E-state index in [1.807, 2.05) is 55.6 Å². The Morgan fingerprint density at radius 2 is 1.67 bits per heavy atom. The molecule has 283 valence electrons. The minimum atomic E-state index is -2.36. The summed E-state index contributed by atoms with van der Waals surface area (Å²) in [6.45, 7) is 15.1. The van der Waals surface area contributed by atoms with Crippen molar-refractivity contribution in [2.75, 3.05) is 0 Å². The second-order valence-corrected chi connectivity index (χ2v) is 20.1. The van der Waals surface area contributed by atoms with Gasteiger partial charge in [-0.25, -0.2) is 4.98 Å². The molecule has 0 aliphatic rings. The van der Waals surface area contributed by atoms with Gasteiger partial charge in [-0.05, 0) is 86.8 Å². The van der Waals surface area contributed by atoms with Gasteiger partial charge in [-0.15, -0.1) is 29.8 Å². The molecule has 6 nitrogen and oxygen atoms in total. The number of aryl methyl sites for hydroxylation is 2. The van der Waals surface area contributed by atoms with Gasteiger partial charge < -0.3 is 19.0 Å². The Morgan fingerprint density at radius 1 is 0.927 bits per heavy atom. The van der Waals surface area contributed by atoms with Crippen molar-refractivity contribution in [1.29, 1.82) is 0 Å². The number of rotatable bonds is 6. The average molecular weight is 927 g/mol. The van der Waals surface area contributed by atoms with Gasteiger partial charge in [0.05, 0.1) is 16.9 Å². The summed E-state index contributed by atoms with van der Waals surface area (Å²) in [4.78, 5) is 18.4. The molecule has 0 aliphatic heterocycles. The first kappa shape index (κ1) is 35.9. The van der Waals surface area contributed by atoms with Crippen LogP contribution in [-0.4, -0.2) is 32.6 Å². The summed E-state index contributed by atoms with van der Waals surface area (Å²) >= 11 is 0. The van der Waals surface area contributed by atoms with E-state index in [9.17, 15) is 4.39 Å². The van der Waals surface area contributed by atoms with Crippen LogP contribution in [0.15, 0.2) is 102 Å². The third-order valence-corrected chi connectivity index (χ3v) is 13.3. The van der Waals surface area contributed by atoms with E-state index in [-0.39, 0.29) is 36.8 Å². The first-order valence-electron chi connectivity index (χ1n) is 19.8. The number of imidazole rings is 1. The van der Waals surface area contributed by atoms with E-state index >= 15 is 0 Å². The number of benzene rings is 3. The molecule has 0 amide bonds. The van der Waals surface area contributed by atoms with Gasteiger partial charge in [-0.2, -0.15) is 0 Å². The molecule has 0 spiro atoms. The molecule has 0 bridgehead atoms. The summed E-state index contributed by atoms with van der Waals surface area (Å²) in [6.07, 6.45) is 5.87. The fourth-order valence-electron chi connectivity index (χ4n) is 7.07. The van der Waals surface area contributed by atoms with Crippen molar-refractivity contribution < 1.29 is 33.0 Å². The smallest absolute Gasteiger partial charge is 0.217 e. The zero-order chi connectivity index (χ0) is 40.9. The average Bonchev–Trinajstić information content (AvgIpc) is 3.73. The van der Waals surface area contributed by atoms with Crippen LogP contribution in [0.5, 0.6) is 0 Å². The molecule has 0 atom stereocenters. The zero-order valence-corrected chi connectivity index (χ0v) is 35.8. The van der Waals surface area contributed by atoms with E-state index in [4.69, 9.17) is 13.5 Å². The van der Waals surface area contributed by atoms with E-state index in [0.717, 1.165) is 51.4 Å². The van der Waals surface area contributed by atoms with E-state index in [1.165, 1.54) is 22.0 Å². The van der Waals surface area contributed by atoms with E-state index < -0.39 is 20.7 Å². The van der Waals surface area contributed by atoms with Crippen molar-refractivity contribution in [2.24, 2.45) is 5.92 Å². The minimum absolute atomic E-state index is 0. The first-order valence-corrected chi connectivity index (χ1v) is 21.3. The Balaban J connectivity index is 0.000000193. The molecule has 0 aliphatic carbocycles. The van der Waals surface area contributed by atoms with Gasteiger partial charge in [0.1, 0.15) is 13.8 Å². The van der Waals surface area contributed by atoms with Gasteiger partial charge in [0, 0.05) is 52.9 Å². The maximum absolute atomic E-state index is 14.7. The molecule has 55 heavy (non-hydrogen) atoms. The van der Waals surface area contributed by atoms with Crippen LogP contribution in [0.3, 0.4) is 0 Å². The molecule has 5 heterocycles. The van der Waals surface area contributed by atoms with Crippen molar-refractivity contribution in [1.82, 2.24) is 24.5 Å². The molecule has 0 fully saturated rings. The Labute approximate surface area is 341 Å². The van der Waals surface area contributed by atoms with Crippen LogP contribution in [0.4, 0.5) is 4.39 Å². The summed E-state index contributed by atoms with van der Waals surface area (Å²) in [5.41, 5.74) is 6.65. The van der Waals surface area contributed by atoms with Crippen molar-refractivity contribution >= 4 is 51.7 Å². The minimum Gasteiger partial charge on any atom is -0.467 e.